The van der Waals surface area contributed by atoms with E-state index in [2.05, 4.69) is 0 Å². The zero-order valence-corrected chi connectivity index (χ0v) is 16.0. The maximum atomic E-state index is 13.6. The Morgan fingerprint density at radius 2 is 1.46 bits per heavy atom. The first-order valence-electron chi connectivity index (χ1n) is 9.01. The second kappa shape index (κ2) is 7.22. The number of benzene rings is 3. The Balaban J connectivity index is 1.84. The summed E-state index contributed by atoms with van der Waals surface area (Å²) in [5.41, 5.74) is 8.84. The van der Waals surface area contributed by atoms with E-state index < -0.39 is 22.0 Å². The van der Waals surface area contributed by atoms with E-state index in [1.54, 1.807) is 24.3 Å². The maximum absolute atomic E-state index is 13.6. The van der Waals surface area contributed by atoms with Gasteiger partial charge in [0.15, 0.2) is 0 Å². The van der Waals surface area contributed by atoms with Crippen LogP contribution in [-0.2, 0) is 27.8 Å². The van der Waals surface area contributed by atoms with Crippen LogP contribution >= 0.6 is 0 Å². The first-order chi connectivity index (χ1) is 13.5. The van der Waals surface area contributed by atoms with Gasteiger partial charge in [0.2, 0.25) is 15.9 Å². The molecule has 5 nitrogen and oxygen atoms in total. The van der Waals surface area contributed by atoms with Gasteiger partial charge in [-0.3, -0.25) is 4.79 Å². The molecule has 1 aliphatic heterocycles. The van der Waals surface area contributed by atoms with Crippen molar-refractivity contribution in [2.24, 2.45) is 5.73 Å². The van der Waals surface area contributed by atoms with E-state index in [9.17, 15) is 13.2 Å². The molecule has 0 unspecified atom stereocenters. The molecule has 1 heterocycles. The summed E-state index contributed by atoms with van der Waals surface area (Å²) in [4.78, 5) is 12.3. The van der Waals surface area contributed by atoms with Crippen molar-refractivity contribution in [2.75, 3.05) is 0 Å². The molecule has 3 aromatic rings. The normalized spacial score (nSPS) is 17.1. The summed E-state index contributed by atoms with van der Waals surface area (Å²) >= 11 is 0. The van der Waals surface area contributed by atoms with Gasteiger partial charge in [0.25, 0.3) is 0 Å². The second-order valence-electron chi connectivity index (χ2n) is 6.80. The SMILES string of the molecule is NC(=O)[C@@H]1Cc2ccccc2CN1S(=O)(=O)c1ccccc1-c1ccccc1. The van der Waals surface area contributed by atoms with Crippen LogP contribution in [0.25, 0.3) is 11.1 Å². The molecule has 3 aromatic carbocycles. The molecular weight excluding hydrogens is 372 g/mol. The van der Waals surface area contributed by atoms with Crippen molar-refractivity contribution in [3.8, 4) is 11.1 Å². The molecule has 0 bridgehead atoms. The van der Waals surface area contributed by atoms with Crippen molar-refractivity contribution in [1.29, 1.82) is 0 Å². The number of amides is 1. The molecule has 0 saturated heterocycles. The number of rotatable bonds is 4. The van der Waals surface area contributed by atoms with Gasteiger partial charge in [-0.05, 0) is 29.2 Å². The number of carbonyl (C=O) groups excluding carboxylic acids is 1. The zero-order chi connectivity index (χ0) is 19.7. The number of nitrogens with zero attached hydrogens (tertiary/aromatic N) is 1. The van der Waals surface area contributed by atoms with Gasteiger partial charge in [0, 0.05) is 12.1 Å². The Hall–Kier alpha value is -2.96. The van der Waals surface area contributed by atoms with Gasteiger partial charge in [-0.15, -0.1) is 0 Å². The number of sulfonamides is 1. The number of hydrogen-bond donors (Lipinski definition) is 1. The molecule has 0 spiro atoms. The fraction of sp³-hybridized carbons (Fsp3) is 0.136. The minimum Gasteiger partial charge on any atom is -0.368 e. The number of fused-ring (bicyclic) bond motifs is 1. The molecule has 2 N–H and O–H groups in total. The largest absolute Gasteiger partial charge is 0.368 e. The van der Waals surface area contributed by atoms with Gasteiger partial charge in [-0.2, -0.15) is 4.31 Å². The van der Waals surface area contributed by atoms with E-state index in [4.69, 9.17) is 5.73 Å². The van der Waals surface area contributed by atoms with Crippen molar-refractivity contribution in [1.82, 2.24) is 4.31 Å². The highest BCUT2D eigenvalue weighted by molar-refractivity contribution is 7.89. The Morgan fingerprint density at radius 1 is 0.857 bits per heavy atom. The molecule has 0 aromatic heterocycles. The average molecular weight is 392 g/mol. The predicted molar refractivity (Wildman–Crippen MR) is 108 cm³/mol. The van der Waals surface area contributed by atoms with Gasteiger partial charge in [0.05, 0.1) is 4.90 Å². The van der Waals surface area contributed by atoms with Gasteiger partial charge in [-0.1, -0.05) is 72.8 Å². The monoisotopic (exact) mass is 392 g/mol. The Morgan fingerprint density at radius 3 is 2.18 bits per heavy atom. The number of carbonyl (C=O) groups is 1. The van der Waals surface area contributed by atoms with Crippen LogP contribution in [0, 0.1) is 0 Å². The average Bonchev–Trinajstić information content (AvgIpc) is 2.73. The van der Waals surface area contributed by atoms with Crippen LogP contribution in [0.3, 0.4) is 0 Å². The minimum absolute atomic E-state index is 0.120. The van der Waals surface area contributed by atoms with Crippen LogP contribution in [-0.4, -0.2) is 24.7 Å². The van der Waals surface area contributed by atoms with E-state index in [1.807, 2.05) is 54.6 Å². The third kappa shape index (κ3) is 3.21. The molecule has 0 radical (unpaired) electrons. The molecule has 1 atom stereocenters. The summed E-state index contributed by atoms with van der Waals surface area (Å²) < 4.78 is 28.5. The Bertz CT molecular complexity index is 1130. The molecule has 28 heavy (non-hydrogen) atoms. The number of hydrogen-bond acceptors (Lipinski definition) is 3. The summed E-state index contributed by atoms with van der Waals surface area (Å²) in [5.74, 6) is -0.643. The summed E-state index contributed by atoms with van der Waals surface area (Å²) in [5, 5.41) is 0. The zero-order valence-electron chi connectivity index (χ0n) is 15.2. The standard InChI is InChI=1S/C22H20N2O3S/c23-22(25)20-14-17-10-4-5-11-18(17)15-24(20)28(26,27)21-13-7-6-12-19(21)16-8-2-1-3-9-16/h1-13,20H,14-15H2,(H2,23,25)/t20-/m0/s1. The summed E-state index contributed by atoms with van der Waals surface area (Å²) in [6.45, 7) is 0.120. The number of primary amides is 1. The van der Waals surface area contributed by atoms with Crippen LogP contribution in [0.5, 0.6) is 0 Å². The van der Waals surface area contributed by atoms with Gasteiger partial charge < -0.3 is 5.73 Å². The van der Waals surface area contributed by atoms with Crippen LogP contribution in [0.15, 0.2) is 83.8 Å². The van der Waals surface area contributed by atoms with Crippen LogP contribution < -0.4 is 5.73 Å². The van der Waals surface area contributed by atoms with E-state index >= 15 is 0 Å². The van der Waals surface area contributed by atoms with E-state index in [-0.39, 0.29) is 17.9 Å². The maximum Gasteiger partial charge on any atom is 0.244 e. The van der Waals surface area contributed by atoms with Crippen LogP contribution in [0.1, 0.15) is 11.1 Å². The van der Waals surface area contributed by atoms with Gasteiger partial charge >= 0.3 is 0 Å². The highest BCUT2D eigenvalue weighted by Gasteiger charge is 2.39. The van der Waals surface area contributed by atoms with Gasteiger partial charge in [-0.25, -0.2) is 8.42 Å². The molecule has 0 aliphatic carbocycles. The molecule has 0 saturated carbocycles. The van der Waals surface area contributed by atoms with Crippen molar-refractivity contribution < 1.29 is 13.2 Å². The molecular formula is C22H20N2O3S. The first kappa shape index (κ1) is 18.4. The van der Waals surface area contributed by atoms with E-state index in [0.29, 0.717) is 5.56 Å². The summed E-state index contributed by atoms with van der Waals surface area (Å²) in [6, 6.07) is 22.8. The topological polar surface area (TPSA) is 80.5 Å². The van der Waals surface area contributed by atoms with Crippen molar-refractivity contribution in [3.63, 3.8) is 0 Å². The lowest BCUT2D eigenvalue weighted by atomic mass is 9.95. The molecule has 6 heteroatoms. The fourth-order valence-electron chi connectivity index (χ4n) is 3.67. The third-order valence-corrected chi connectivity index (χ3v) is 7.01. The smallest absolute Gasteiger partial charge is 0.244 e. The molecule has 0 fully saturated rings. The lowest BCUT2D eigenvalue weighted by Crippen LogP contribution is -2.51. The van der Waals surface area contributed by atoms with Crippen LogP contribution in [0.2, 0.25) is 0 Å². The second-order valence-corrected chi connectivity index (χ2v) is 8.66. The summed E-state index contributed by atoms with van der Waals surface area (Å²) in [6.07, 6.45) is 0.276. The minimum atomic E-state index is -3.95. The number of nitrogens with two attached hydrogens (primary N) is 1. The molecule has 142 valence electrons. The third-order valence-electron chi connectivity index (χ3n) is 5.09. The molecule has 4 rings (SSSR count). The summed E-state index contributed by atoms with van der Waals surface area (Å²) in [7, 11) is -3.95. The van der Waals surface area contributed by atoms with Crippen LogP contribution in [0.4, 0.5) is 0 Å². The quantitative estimate of drug-likeness (QED) is 0.741. The highest BCUT2D eigenvalue weighted by Crippen LogP contribution is 2.33. The Kier molecular flexibility index (Phi) is 4.75. The first-order valence-corrected chi connectivity index (χ1v) is 10.4. The van der Waals surface area contributed by atoms with Crippen molar-refractivity contribution >= 4 is 15.9 Å². The predicted octanol–water partition coefficient (Wildman–Crippen LogP) is 2.95. The fourth-order valence-corrected chi connectivity index (χ4v) is 5.46. The van der Waals surface area contributed by atoms with Gasteiger partial charge in [0.1, 0.15) is 6.04 Å². The highest BCUT2D eigenvalue weighted by atomic mass is 32.2. The van der Waals surface area contributed by atoms with Crippen molar-refractivity contribution in [2.45, 2.75) is 23.9 Å². The lowest BCUT2D eigenvalue weighted by Gasteiger charge is -2.34. The Labute approximate surface area is 164 Å². The van der Waals surface area contributed by atoms with E-state index in [1.165, 1.54) is 4.31 Å². The molecule has 1 amide bonds. The molecule has 1 aliphatic rings. The lowest BCUT2D eigenvalue weighted by molar-refractivity contribution is -0.122. The van der Waals surface area contributed by atoms with E-state index in [0.717, 1.165) is 16.7 Å². The van der Waals surface area contributed by atoms with Crippen molar-refractivity contribution in [3.05, 3.63) is 90.0 Å².